The molecule has 4 nitrogen and oxygen atoms in total. The second-order valence-electron chi connectivity index (χ2n) is 4.73. The normalized spacial score (nSPS) is 10.2. The van der Waals surface area contributed by atoms with Crippen molar-refractivity contribution in [2.75, 3.05) is 18.5 Å². The van der Waals surface area contributed by atoms with Gasteiger partial charge in [0.2, 0.25) is 0 Å². The highest BCUT2D eigenvalue weighted by molar-refractivity contribution is 5.48. The maximum atomic E-state index is 5.90. The van der Waals surface area contributed by atoms with Crippen LogP contribution in [0.1, 0.15) is 26.7 Å². The molecule has 1 N–H and O–H groups in total. The topological polar surface area (TPSA) is 43.4 Å². The van der Waals surface area contributed by atoms with Crippen LogP contribution in [0.3, 0.4) is 0 Å². The van der Waals surface area contributed by atoms with Crippen molar-refractivity contribution in [2.45, 2.75) is 26.7 Å². The molecule has 0 atom stereocenters. The second-order valence-corrected chi connectivity index (χ2v) is 4.73. The van der Waals surface area contributed by atoms with Gasteiger partial charge in [-0.3, -0.25) is 4.98 Å². The molecule has 0 aliphatic rings. The Labute approximate surface area is 126 Å². The summed E-state index contributed by atoms with van der Waals surface area (Å²) in [5.74, 6) is 2.16. The highest BCUT2D eigenvalue weighted by Gasteiger charge is 2.06. The Kier molecular flexibility index (Phi) is 5.88. The standard InChI is InChI=1S/C17H22N2O2/c1-3-9-19-14-11-15(13-18-12-14)21-17-8-6-5-7-16(17)20-10-4-2/h5-8,11-13,19H,3-4,9-10H2,1-2H3. The maximum absolute atomic E-state index is 5.90. The third-order valence-corrected chi connectivity index (χ3v) is 2.83. The zero-order valence-electron chi connectivity index (χ0n) is 12.6. The molecule has 4 heteroatoms. The van der Waals surface area contributed by atoms with Crippen molar-refractivity contribution < 1.29 is 9.47 Å². The van der Waals surface area contributed by atoms with Crippen molar-refractivity contribution in [1.82, 2.24) is 4.98 Å². The van der Waals surface area contributed by atoms with E-state index in [9.17, 15) is 0 Å². The van der Waals surface area contributed by atoms with Crippen LogP contribution in [-0.2, 0) is 0 Å². The molecule has 21 heavy (non-hydrogen) atoms. The van der Waals surface area contributed by atoms with Gasteiger partial charge in [0, 0.05) is 12.6 Å². The van der Waals surface area contributed by atoms with Gasteiger partial charge in [0.1, 0.15) is 5.75 Å². The number of aromatic nitrogens is 1. The molecule has 0 unspecified atom stereocenters. The van der Waals surface area contributed by atoms with E-state index in [1.165, 1.54) is 0 Å². The lowest BCUT2D eigenvalue weighted by Crippen LogP contribution is -2.00. The van der Waals surface area contributed by atoms with Crippen molar-refractivity contribution in [2.24, 2.45) is 0 Å². The molecular weight excluding hydrogens is 264 g/mol. The molecule has 1 aromatic carbocycles. The fourth-order valence-corrected chi connectivity index (χ4v) is 1.83. The molecule has 112 valence electrons. The van der Waals surface area contributed by atoms with E-state index in [0.29, 0.717) is 18.1 Å². The fourth-order valence-electron chi connectivity index (χ4n) is 1.83. The molecule has 0 aliphatic heterocycles. The number of nitrogens with one attached hydrogen (secondary N) is 1. The molecule has 0 saturated carbocycles. The summed E-state index contributed by atoms with van der Waals surface area (Å²) in [5, 5.41) is 3.30. The highest BCUT2D eigenvalue weighted by Crippen LogP contribution is 2.31. The lowest BCUT2D eigenvalue weighted by molar-refractivity contribution is 0.302. The quantitative estimate of drug-likeness (QED) is 0.776. The average molecular weight is 286 g/mol. The highest BCUT2D eigenvalue weighted by atomic mass is 16.5. The molecule has 1 heterocycles. The van der Waals surface area contributed by atoms with Gasteiger partial charge in [-0.2, -0.15) is 0 Å². The SMILES string of the molecule is CCCNc1cncc(Oc2ccccc2OCCC)c1. The lowest BCUT2D eigenvalue weighted by atomic mass is 10.3. The summed E-state index contributed by atoms with van der Waals surface area (Å²) in [4.78, 5) is 4.20. The zero-order valence-corrected chi connectivity index (χ0v) is 12.6. The van der Waals surface area contributed by atoms with Crippen LogP contribution in [0.5, 0.6) is 17.2 Å². The number of anilines is 1. The number of rotatable bonds is 8. The molecule has 0 radical (unpaired) electrons. The fraction of sp³-hybridized carbons (Fsp3) is 0.353. The van der Waals surface area contributed by atoms with Crippen molar-refractivity contribution in [3.63, 3.8) is 0 Å². The van der Waals surface area contributed by atoms with Crippen LogP contribution in [0.15, 0.2) is 42.7 Å². The van der Waals surface area contributed by atoms with Gasteiger partial charge in [-0.1, -0.05) is 26.0 Å². The molecular formula is C17H22N2O2. The van der Waals surface area contributed by atoms with Crippen molar-refractivity contribution in [3.05, 3.63) is 42.7 Å². The zero-order chi connectivity index (χ0) is 14.9. The Balaban J connectivity index is 2.10. The molecule has 0 bridgehead atoms. The first-order valence-electron chi connectivity index (χ1n) is 7.42. The van der Waals surface area contributed by atoms with Gasteiger partial charge in [0.25, 0.3) is 0 Å². The number of ether oxygens (including phenoxy) is 2. The first-order valence-corrected chi connectivity index (χ1v) is 7.42. The summed E-state index contributed by atoms with van der Waals surface area (Å²) in [5.41, 5.74) is 0.960. The van der Waals surface area contributed by atoms with Gasteiger partial charge in [-0.25, -0.2) is 0 Å². The Morgan fingerprint density at radius 1 is 1.05 bits per heavy atom. The number of hydrogen-bond acceptors (Lipinski definition) is 4. The summed E-state index contributed by atoms with van der Waals surface area (Å²) >= 11 is 0. The van der Waals surface area contributed by atoms with Crippen LogP contribution in [0.25, 0.3) is 0 Å². The maximum Gasteiger partial charge on any atom is 0.169 e. The Morgan fingerprint density at radius 2 is 1.86 bits per heavy atom. The number of nitrogens with zero attached hydrogens (tertiary/aromatic N) is 1. The summed E-state index contributed by atoms with van der Waals surface area (Å²) in [6, 6.07) is 9.63. The molecule has 0 spiro atoms. The van der Waals surface area contributed by atoms with Crippen LogP contribution < -0.4 is 14.8 Å². The summed E-state index contributed by atoms with van der Waals surface area (Å²) < 4.78 is 11.6. The summed E-state index contributed by atoms with van der Waals surface area (Å²) in [6.07, 6.45) is 5.53. The second kappa shape index (κ2) is 8.15. The van der Waals surface area contributed by atoms with E-state index >= 15 is 0 Å². The number of benzene rings is 1. The van der Waals surface area contributed by atoms with Gasteiger partial charge >= 0.3 is 0 Å². The van der Waals surface area contributed by atoms with E-state index < -0.39 is 0 Å². The Morgan fingerprint density at radius 3 is 2.62 bits per heavy atom. The van der Waals surface area contributed by atoms with Crippen molar-refractivity contribution >= 4 is 5.69 Å². The first kappa shape index (κ1) is 15.2. The molecule has 0 fully saturated rings. The summed E-state index contributed by atoms with van der Waals surface area (Å²) in [7, 11) is 0. The Bertz CT molecular complexity index is 558. The molecule has 1 aromatic heterocycles. The summed E-state index contributed by atoms with van der Waals surface area (Å²) in [6.45, 7) is 5.80. The number of para-hydroxylation sites is 2. The predicted molar refractivity (Wildman–Crippen MR) is 85.3 cm³/mol. The monoisotopic (exact) mass is 286 g/mol. The van der Waals surface area contributed by atoms with E-state index in [1.807, 2.05) is 30.3 Å². The van der Waals surface area contributed by atoms with E-state index in [4.69, 9.17) is 9.47 Å². The van der Waals surface area contributed by atoms with Crippen molar-refractivity contribution in [3.8, 4) is 17.2 Å². The Hall–Kier alpha value is -2.23. The number of hydrogen-bond donors (Lipinski definition) is 1. The van der Waals surface area contributed by atoms with E-state index in [2.05, 4.69) is 24.1 Å². The predicted octanol–water partition coefficient (Wildman–Crippen LogP) is 4.48. The van der Waals surface area contributed by atoms with Gasteiger partial charge in [0.05, 0.1) is 24.7 Å². The van der Waals surface area contributed by atoms with Crippen LogP contribution in [-0.4, -0.2) is 18.1 Å². The largest absolute Gasteiger partial charge is 0.490 e. The van der Waals surface area contributed by atoms with Gasteiger partial charge in [-0.15, -0.1) is 0 Å². The third-order valence-electron chi connectivity index (χ3n) is 2.83. The van der Waals surface area contributed by atoms with Crippen LogP contribution in [0, 0.1) is 0 Å². The van der Waals surface area contributed by atoms with Crippen LogP contribution in [0.2, 0.25) is 0 Å². The van der Waals surface area contributed by atoms with Crippen LogP contribution in [0.4, 0.5) is 5.69 Å². The van der Waals surface area contributed by atoms with Gasteiger partial charge < -0.3 is 14.8 Å². The minimum atomic E-state index is 0.677. The smallest absolute Gasteiger partial charge is 0.169 e. The minimum Gasteiger partial charge on any atom is -0.490 e. The first-order chi connectivity index (χ1) is 10.3. The average Bonchev–Trinajstić information content (AvgIpc) is 2.52. The van der Waals surface area contributed by atoms with E-state index in [-0.39, 0.29) is 0 Å². The molecule has 2 aromatic rings. The number of pyridine rings is 1. The van der Waals surface area contributed by atoms with Crippen LogP contribution >= 0.6 is 0 Å². The van der Waals surface area contributed by atoms with Gasteiger partial charge in [0.15, 0.2) is 11.5 Å². The van der Waals surface area contributed by atoms with Gasteiger partial charge in [-0.05, 0) is 25.0 Å². The molecule has 0 saturated heterocycles. The van der Waals surface area contributed by atoms with E-state index in [0.717, 1.165) is 30.8 Å². The molecule has 0 amide bonds. The van der Waals surface area contributed by atoms with Crippen molar-refractivity contribution in [1.29, 1.82) is 0 Å². The van der Waals surface area contributed by atoms with E-state index in [1.54, 1.807) is 12.4 Å². The minimum absolute atomic E-state index is 0.677. The lowest BCUT2D eigenvalue weighted by Gasteiger charge is -2.12. The molecule has 0 aliphatic carbocycles. The third kappa shape index (κ3) is 4.67. The molecule has 2 rings (SSSR count).